The van der Waals surface area contributed by atoms with Gasteiger partial charge < -0.3 is 5.11 Å². The molecule has 116 valence electrons. The molecule has 6 nitrogen and oxygen atoms in total. The molecular weight excluding hydrogens is 280 g/mol. The molecule has 2 fully saturated rings. The van der Waals surface area contributed by atoms with Crippen molar-refractivity contribution in [3.05, 3.63) is 0 Å². The number of rotatable bonds is 3. The van der Waals surface area contributed by atoms with Crippen LogP contribution in [0, 0.1) is 17.8 Å². The predicted octanol–water partition coefficient (Wildman–Crippen LogP) is 1.01. The zero-order valence-corrected chi connectivity index (χ0v) is 13.0. The minimum absolute atomic E-state index is 0.108. The summed E-state index contributed by atoms with van der Waals surface area (Å²) in [5, 5.41) is 9.08. The minimum Gasteiger partial charge on any atom is -0.481 e. The number of aliphatic carboxylic acids is 1. The second-order valence-electron chi connectivity index (χ2n) is 6.31. The summed E-state index contributed by atoms with van der Waals surface area (Å²) in [5.41, 5.74) is 0. The van der Waals surface area contributed by atoms with Crippen molar-refractivity contribution in [3.8, 4) is 0 Å². The Morgan fingerprint density at radius 1 is 1.10 bits per heavy atom. The molecular formula is C13H24N2O4S. The Labute approximate surface area is 120 Å². The Bertz CT molecular complexity index is 455. The van der Waals surface area contributed by atoms with Crippen LogP contribution in [0.2, 0.25) is 0 Å². The number of carboxylic acids is 1. The summed E-state index contributed by atoms with van der Waals surface area (Å²) in [6, 6.07) is 0. The quantitative estimate of drug-likeness (QED) is 0.844. The van der Waals surface area contributed by atoms with Crippen LogP contribution in [0.5, 0.6) is 0 Å². The SMILES string of the molecule is CC1CC(C)CN(S(=O)(=O)N2CCC[C@H](C(=O)O)C2)C1. The maximum Gasteiger partial charge on any atom is 0.307 e. The molecule has 1 N–H and O–H groups in total. The van der Waals surface area contributed by atoms with Crippen molar-refractivity contribution in [3.63, 3.8) is 0 Å². The van der Waals surface area contributed by atoms with E-state index in [9.17, 15) is 13.2 Å². The molecule has 0 radical (unpaired) electrons. The predicted molar refractivity (Wildman–Crippen MR) is 75.4 cm³/mol. The monoisotopic (exact) mass is 304 g/mol. The third kappa shape index (κ3) is 3.32. The molecule has 0 aromatic carbocycles. The normalized spacial score (nSPS) is 34.0. The van der Waals surface area contributed by atoms with Crippen molar-refractivity contribution >= 4 is 16.2 Å². The van der Waals surface area contributed by atoms with E-state index in [0.717, 1.165) is 6.42 Å². The Hall–Kier alpha value is -0.660. The number of carbonyl (C=O) groups is 1. The second kappa shape index (κ2) is 5.99. The third-order valence-corrected chi connectivity index (χ3v) is 6.16. The lowest BCUT2D eigenvalue weighted by atomic mass is 9.94. The van der Waals surface area contributed by atoms with Gasteiger partial charge in [0.2, 0.25) is 0 Å². The summed E-state index contributed by atoms with van der Waals surface area (Å²) in [6.07, 6.45) is 2.23. The lowest BCUT2D eigenvalue weighted by molar-refractivity contribution is -0.142. The van der Waals surface area contributed by atoms with Crippen molar-refractivity contribution < 1.29 is 18.3 Å². The van der Waals surface area contributed by atoms with Gasteiger partial charge in [-0.1, -0.05) is 13.8 Å². The molecule has 0 saturated carbocycles. The van der Waals surface area contributed by atoms with Crippen molar-refractivity contribution in [2.45, 2.75) is 33.1 Å². The van der Waals surface area contributed by atoms with Crippen LogP contribution in [0.1, 0.15) is 33.1 Å². The molecule has 0 bridgehead atoms. The van der Waals surface area contributed by atoms with Crippen LogP contribution in [-0.4, -0.2) is 54.3 Å². The first-order chi connectivity index (χ1) is 9.30. The van der Waals surface area contributed by atoms with Gasteiger partial charge >= 0.3 is 5.97 Å². The summed E-state index contributed by atoms with van der Waals surface area (Å²) in [6.45, 7) is 5.76. The molecule has 20 heavy (non-hydrogen) atoms. The van der Waals surface area contributed by atoms with E-state index in [1.807, 2.05) is 0 Å². The van der Waals surface area contributed by atoms with E-state index in [0.29, 0.717) is 44.3 Å². The van der Waals surface area contributed by atoms with Crippen LogP contribution in [-0.2, 0) is 15.0 Å². The lowest BCUT2D eigenvalue weighted by Crippen LogP contribution is -2.52. The smallest absolute Gasteiger partial charge is 0.307 e. The maximum atomic E-state index is 12.7. The topological polar surface area (TPSA) is 77.9 Å². The molecule has 0 spiro atoms. The Kier molecular flexibility index (Phi) is 4.71. The molecule has 2 heterocycles. The highest BCUT2D eigenvalue weighted by Crippen LogP contribution is 2.27. The molecule has 2 aliphatic rings. The average Bonchev–Trinajstić information content (AvgIpc) is 2.37. The maximum absolute atomic E-state index is 12.7. The lowest BCUT2D eigenvalue weighted by Gasteiger charge is -2.39. The minimum atomic E-state index is -3.51. The van der Waals surface area contributed by atoms with E-state index in [2.05, 4.69) is 13.8 Å². The molecule has 2 unspecified atom stereocenters. The molecule has 3 atom stereocenters. The molecule has 0 aromatic heterocycles. The standard InChI is InChI=1S/C13H24N2O4S/c1-10-6-11(2)8-15(7-10)20(18,19)14-5-3-4-12(9-14)13(16)17/h10-12H,3-9H2,1-2H3,(H,16,17)/t10?,11?,12-/m0/s1. The molecule has 7 heteroatoms. The second-order valence-corrected chi connectivity index (χ2v) is 8.23. The van der Waals surface area contributed by atoms with E-state index < -0.39 is 22.1 Å². The summed E-state index contributed by atoms with van der Waals surface area (Å²) in [7, 11) is -3.51. The highest BCUT2D eigenvalue weighted by molar-refractivity contribution is 7.86. The first-order valence-corrected chi connectivity index (χ1v) is 8.68. The van der Waals surface area contributed by atoms with Crippen molar-refractivity contribution in [2.24, 2.45) is 17.8 Å². The first kappa shape index (κ1) is 15.7. The van der Waals surface area contributed by atoms with Crippen LogP contribution in [0.25, 0.3) is 0 Å². The molecule has 0 amide bonds. The van der Waals surface area contributed by atoms with Gasteiger partial charge in [0.1, 0.15) is 0 Å². The Balaban J connectivity index is 2.11. The zero-order chi connectivity index (χ0) is 14.9. The van der Waals surface area contributed by atoms with Gasteiger partial charge in [0.05, 0.1) is 5.92 Å². The van der Waals surface area contributed by atoms with Crippen LogP contribution >= 0.6 is 0 Å². The average molecular weight is 304 g/mol. The number of hydrogen-bond acceptors (Lipinski definition) is 3. The highest BCUT2D eigenvalue weighted by Gasteiger charge is 2.38. The fraction of sp³-hybridized carbons (Fsp3) is 0.923. The van der Waals surface area contributed by atoms with Crippen LogP contribution < -0.4 is 0 Å². The van der Waals surface area contributed by atoms with Crippen LogP contribution in [0.15, 0.2) is 0 Å². The van der Waals surface area contributed by atoms with Crippen molar-refractivity contribution in [2.75, 3.05) is 26.2 Å². The zero-order valence-electron chi connectivity index (χ0n) is 12.2. The van der Waals surface area contributed by atoms with E-state index in [1.165, 1.54) is 8.61 Å². The summed E-state index contributed by atoms with van der Waals surface area (Å²) < 4.78 is 28.2. The molecule has 2 rings (SSSR count). The van der Waals surface area contributed by atoms with Gasteiger partial charge in [-0.3, -0.25) is 4.79 Å². The highest BCUT2D eigenvalue weighted by atomic mass is 32.2. The summed E-state index contributed by atoms with van der Waals surface area (Å²) in [5.74, 6) is -0.759. The van der Waals surface area contributed by atoms with Gasteiger partial charge in [0.15, 0.2) is 0 Å². The molecule has 2 saturated heterocycles. The number of piperidine rings is 2. The van der Waals surface area contributed by atoms with E-state index >= 15 is 0 Å². The van der Waals surface area contributed by atoms with Gasteiger partial charge in [0.25, 0.3) is 10.2 Å². The molecule has 0 aromatic rings. The number of hydrogen-bond donors (Lipinski definition) is 1. The first-order valence-electron chi connectivity index (χ1n) is 7.28. The van der Waals surface area contributed by atoms with Gasteiger partial charge in [-0.2, -0.15) is 17.0 Å². The fourth-order valence-electron chi connectivity index (χ4n) is 3.31. The Morgan fingerprint density at radius 3 is 2.25 bits per heavy atom. The third-order valence-electron chi connectivity index (χ3n) is 4.22. The van der Waals surface area contributed by atoms with Gasteiger partial charge in [0, 0.05) is 26.2 Å². The van der Waals surface area contributed by atoms with Gasteiger partial charge in [-0.15, -0.1) is 0 Å². The van der Waals surface area contributed by atoms with E-state index in [-0.39, 0.29) is 6.54 Å². The number of carboxylic acid groups (broad SMARTS) is 1. The van der Waals surface area contributed by atoms with Crippen molar-refractivity contribution in [1.29, 1.82) is 0 Å². The number of nitrogens with zero attached hydrogens (tertiary/aromatic N) is 2. The summed E-state index contributed by atoms with van der Waals surface area (Å²) >= 11 is 0. The van der Waals surface area contributed by atoms with Crippen LogP contribution in [0.3, 0.4) is 0 Å². The van der Waals surface area contributed by atoms with E-state index in [4.69, 9.17) is 5.11 Å². The fourth-order valence-corrected chi connectivity index (χ4v) is 5.25. The Morgan fingerprint density at radius 2 is 1.70 bits per heavy atom. The van der Waals surface area contributed by atoms with Crippen LogP contribution in [0.4, 0.5) is 0 Å². The molecule has 2 aliphatic heterocycles. The van der Waals surface area contributed by atoms with E-state index in [1.54, 1.807) is 0 Å². The van der Waals surface area contributed by atoms with Gasteiger partial charge in [-0.25, -0.2) is 0 Å². The van der Waals surface area contributed by atoms with Crippen molar-refractivity contribution in [1.82, 2.24) is 8.61 Å². The largest absolute Gasteiger partial charge is 0.481 e. The molecule has 0 aliphatic carbocycles. The summed E-state index contributed by atoms with van der Waals surface area (Å²) in [4.78, 5) is 11.1. The van der Waals surface area contributed by atoms with Gasteiger partial charge in [-0.05, 0) is 31.1 Å².